The first-order chi connectivity index (χ1) is 6.55. The molecule has 1 saturated heterocycles. The topological polar surface area (TPSA) is 15.3 Å². The Morgan fingerprint density at radius 3 is 2.93 bits per heavy atom. The smallest absolute Gasteiger partial charge is 0.0252 e. The van der Waals surface area contributed by atoms with Gasteiger partial charge in [-0.15, -0.1) is 6.58 Å². The minimum atomic E-state index is 0.256. The van der Waals surface area contributed by atoms with E-state index in [-0.39, 0.29) is 5.54 Å². The number of hydrogen-bond donors (Lipinski definition) is 1. The van der Waals surface area contributed by atoms with E-state index >= 15 is 0 Å². The molecule has 14 heavy (non-hydrogen) atoms. The third-order valence-corrected chi connectivity index (χ3v) is 2.96. The lowest BCUT2D eigenvalue weighted by molar-refractivity contribution is 0.180. The Morgan fingerprint density at radius 2 is 2.29 bits per heavy atom. The molecule has 0 radical (unpaired) electrons. The van der Waals surface area contributed by atoms with Gasteiger partial charge in [-0.3, -0.25) is 4.90 Å². The van der Waals surface area contributed by atoms with Gasteiger partial charge in [-0.25, -0.2) is 0 Å². The number of hydrogen-bond acceptors (Lipinski definition) is 2. The van der Waals surface area contributed by atoms with Crippen molar-refractivity contribution in [3.63, 3.8) is 0 Å². The van der Waals surface area contributed by atoms with Crippen LogP contribution in [0.4, 0.5) is 0 Å². The molecule has 1 aliphatic rings. The van der Waals surface area contributed by atoms with Crippen LogP contribution in [0, 0.1) is 0 Å². The van der Waals surface area contributed by atoms with E-state index in [9.17, 15) is 0 Å². The second-order valence-corrected chi connectivity index (χ2v) is 5.01. The van der Waals surface area contributed by atoms with E-state index in [0.29, 0.717) is 6.04 Å². The third-order valence-electron chi connectivity index (χ3n) is 2.96. The molecule has 1 unspecified atom stereocenters. The van der Waals surface area contributed by atoms with Crippen molar-refractivity contribution >= 4 is 0 Å². The maximum atomic E-state index is 3.81. The molecule has 0 aromatic rings. The van der Waals surface area contributed by atoms with Crippen LogP contribution in [-0.2, 0) is 0 Å². The van der Waals surface area contributed by atoms with Gasteiger partial charge in [0.2, 0.25) is 0 Å². The zero-order valence-electron chi connectivity index (χ0n) is 9.84. The normalized spacial score (nSPS) is 25.4. The summed E-state index contributed by atoms with van der Waals surface area (Å²) in [6, 6.07) is 0.631. The van der Waals surface area contributed by atoms with Crippen LogP contribution in [-0.4, -0.2) is 36.1 Å². The first-order valence-electron chi connectivity index (χ1n) is 5.65. The maximum Gasteiger partial charge on any atom is 0.0252 e. The standard InChI is InChI=1S/C12H24N2/c1-5-7-11(2)14-9-6-8-13-12(3,4)10-14/h5,11,13H,1,6-10H2,2-4H3. The fourth-order valence-electron chi connectivity index (χ4n) is 2.12. The van der Waals surface area contributed by atoms with Crippen LogP contribution in [0.1, 0.15) is 33.6 Å². The minimum absolute atomic E-state index is 0.256. The van der Waals surface area contributed by atoms with Gasteiger partial charge < -0.3 is 5.32 Å². The first-order valence-corrected chi connectivity index (χ1v) is 5.65. The van der Waals surface area contributed by atoms with Crippen LogP contribution < -0.4 is 5.32 Å². The molecule has 1 N–H and O–H groups in total. The first kappa shape index (κ1) is 11.7. The van der Waals surface area contributed by atoms with Crippen LogP contribution in [0.2, 0.25) is 0 Å². The Kier molecular flexibility index (Phi) is 4.14. The molecule has 1 rings (SSSR count). The Hall–Kier alpha value is -0.340. The molecule has 1 atom stereocenters. The molecule has 0 saturated carbocycles. The van der Waals surface area contributed by atoms with Crippen LogP contribution in [0.5, 0.6) is 0 Å². The number of nitrogens with zero attached hydrogens (tertiary/aromatic N) is 1. The van der Waals surface area contributed by atoms with Gasteiger partial charge in [-0.2, -0.15) is 0 Å². The second kappa shape index (κ2) is 4.94. The summed E-state index contributed by atoms with van der Waals surface area (Å²) in [4.78, 5) is 2.57. The van der Waals surface area contributed by atoms with Gasteiger partial charge in [-0.05, 0) is 46.7 Å². The van der Waals surface area contributed by atoms with Gasteiger partial charge in [0.15, 0.2) is 0 Å². The lowest BCUT2D eigenvalue weighted by Crippen LogP contribution is -2.48. The molecular formula is C12H24N2. The molecule has 0 bridgehead atoms. The van der Waals surface area contributed by atoms with Crippen molar-refractivity contribution in [1.82, 2.24) is 10.2 Å². The van der Waals surface area contributed by atoms with Crippen LogP contribution in [0.15, 0.2) is 12.7 Å². The molecule has 2 nitrogen and oxygen atoms in total. The fraction of sp³-hybridized carbons (Fsp3) is 0.833. The van der Waals surface area contributed by atoms with Crippen molar-refractivity contribution < 1.29 is 0 Å². The average Bonchev–Trinajstić information content (AvgIpc) is 2.27. The second-order valence-electron chi connectivity index (χ2n) is 5.01. The summed E-state index contributed by atoms with van der Waals surface area (Å²) >= 11 is 0. The molecule has 82 valence electrons. The lowest BCUT2D eigenvalue weighted by atomic mass is 10.0. The summed E-state index contributed by atoms with van der Waals surface area (Å²) < 4.78 is 0. The SMILES string of the molecule is C=CCC(C)N1CCCNC(C)(C)C1. The van der Waals surface area contributed by atoms with E-state index in [2.05, 4.69) is 37.6 Å². The maximum absolute atomic E-state index is 3.81. The van der Waals surface area contributed by atoms with E-state index in [4.69, 9.17) is 0 Å². The van der Waals surface area contributed by atoms with E-state index < -0.39 is 0 Å². The quantitative estimate of drug-likeness (QED) is 0.695. The molecule has 1 fully saturated rings. The highest BCUT2D eigenvalue weighted by Crippen LogP contribution is 2.14. The van der Waals surface area contributed by atoms with Crippen molar-refractivity contribution in [2.24, 2.45) is 0 Å². The molecule has 2 heteroatoms. The fourth-order valence-corrected chi connectivity index (χ4v) is 2.12. The zero-order valence-corrected chi connectivity index (χ0v) is 9.84. The Bertz CT molecular complexity index is 187. The van der Waals surface area contributed by atoms with E-state index in [0.717, 1.165) is 19.5 Å². The van der Waals surface area contributed by atoms with Crippen molar-refractivity contribution in [2.75, 3.05) is 19.6 Å². The van der Waals surface area contributed by atoms with Crippen molar-refractivity contribution in [2.45, 2.75) is 45.2 Å². The molecule has 0 aromatic heterocycles. The minimum Gasteiger partial charge on any atom is -0.310 e. The van der Waals surface area contributed by atoms with E-state index in [1.165, 1.54) is 13.0 Å². The monoisotopic (exact) mass is 196 g/mol. The summed E-state index contributed by atoms with van der Waals surface area (Å²) in [5, 5.41) is 3.58. The number of nitrogens with one attached hydrogen (secondary N) is 1. The van der Waals surface area contributed by atoms with Gasteiger partial charge in [0.25, 0.3) is 0 Å². The average molecular weight is 196 g/mol. The van der Waals surface area contributed by atoms with E-state index in [1.54, 1.807) is 0 Å². The highest BCUT2D eigenvalue weighted by atomic mass is 15.2. The predicted octanol–water partition coefficient (Wildman–Crippen LogP) is 2.02. The lowest BCUT2D eigenvalue weighted by Gasteiger charge is -2.33. The van der Waals surface area contributed by atoms with Gasteiger partial charge in [0.05, 0.1) is 0 Å². The Balaban J connectivity index is 2.54. The van der Waals surface area contributed by atoms with Gasteiger partial charge in [-0.1, -0.05) is 6.08 Å². The van der Waals surface area contributed by atoms with Gasteiger partial charge >= 0.3 is 0 Å². The van der Waals surface area contributed by atoms with Crippen molar-refractivity contribution in [1.29, 1.82) is 0 Å². The summed E-state index contributed by atoms with van der Waals surface area (Å²) in [7, 11) is 0. The third kappa shape index (κ3) is 3.43. The number of rotatable bonds is 3. The Labute approximate surface area is 88.4 Å². The predicted molar refractivity (Wildman–Crippen MR) is 62.5 cm³/mol. The molecule has 1 heterocycles. The largest absolute Gasteiger partial charge is 0.310 e. The van der Waals surface area contributed by atoms with Gasteiger partial charge in [0.1, 0.15) is 0 Å². The summed E-state index contributed by atoms with van der Waals surface area (Å²) in [5.41, 5.74) is 0.256. The zero-order chi connectivity index (χ0) is 10.6. The molecule has 0 aromatic carbocycles. The van der Waals surface area contributed by atoms with E-state index in [1.807, 2.05) is 6.08 Å². The highest BCUT2D eigenvalue weighted by Gasteiger charge is 2.25. The summed E-state index contributed by atoms with van der Waals surface area (Å²) in [6.45, 7) is 14.2. The highest BCUT2D eigenvalue weighted by molar-refractivity contribution is 4.88. The van der Waals surface area contributed by atoms with Crippen LogP contribution in [0.3, 0.4) is 0 Å². The molecule has 1 aliphatic heterocycles. The molecule has 0 amide bonds. The molecular weight excluding hydrogens is 172 g/mol. The summed E-state index contributed by atoms with van der Waals surface area (Å²) in [6.07, 6.45) is 4.37. The van der Waals surface area contributed by atoms with Crippen LogP contribution in [0.25, 0.3) is 0 Å². The summed E-state index contributed by atoms with van der Waals surface area (Å²) in [5.74, 6) is 0. The van der Waals surface area contributed by atoms with Crippen LogP contribution >= 0.6 is 0 Å². The van der Waals surface area contributed by atoms with Crippen molar-refractivity contribution in [3.8, 4) is 0 Å². The Morgan fingerprint density at radius 1 is 1.57 bits per heavy atom. The van der Waals surface area contributed by atoms with Crippen molar-refractivity contribution in [3.05, 3.63) is 12.7 Å². The van der Waals surface area contributed by atoms with Gasteiger partial charge in [0, 0.05) is 18.1 Å². The molecule has 0 aliphatic carbocycles. The molecule has 0 spiro atoms.